The Labute approximate surface area is 133 Å². The maximum atomic E-state index is 11.7. The number of amides is 1. The second kappa shape index (κ2) is 9.02. The average Bonchev–Trinajstić information content (AvgIpc) is 2.31. The lowest BCUT2D eigenvalue weighted by molar-refractivity contribution is -0.137. The lowest BCUT2D eigenvalue weighted by Crippen LogP contribution is -2.31. The summed E-state index contributed by atoms with van der Waals surface area (Å²) in [6.45, 7) is 0.377. The molecule has 0 saturated carbocycles. The van der Waals surface area contributed by atoms with Gasteiger partial charge in [-0.25, -0.2) is 0 Å². The van der Waals surface area contributed by atoms with Crippen molar-refractivity contribution < 1.29 is 14.7 Å². The molecule has 0 radical (unpaired) electrons. The number of hydrogen-bond acceptors (Lipinski definition) is 3. The predicted octanol–water partition coefficient (Wildman–Crippen LogP) is 2.76. The molecule has 0 bridgehead atoms. The maximum Gasteiger partial charge on any atom is 0.304 e. The quantitative estimate of drug-likeness (QED) is 0.835. The molecule has 0 unspecified atom stereocenters. The van der Waals surface area contributed by atoms with Crippen LogP contribution in [0.3, 0.4) is 0 Å². The summed E-state index contributed by atoms with van der Waals surface area (Å²) >= 11 is 11.7. The highest BCUT2D eigenvalue weighted by Crippen LogP contribution is 2.25. The van der Waals surface area contributed by atoms with Crippen molar-refractivity contribution in [2.45, 2.75) is 6.42 Å². The summed E-state index contributed by atoms with van der Waals surface area (Å²) in [4.78, 5) is 23.7. The number of carboxylic acids is 1. The van der Waals surface area contributed by atoms with Gasteiger partial charge in [0.15, 0.2) is 0 Å². The molecule has 1 rings (SSSR count). The van der Waals surface area contributed by atoms with Gasteiger partial charge >= 0.3 is 5.97 Å². The zero-order chi connectivity index (χ0) is 14.4. The lowest BCUT2D eigenvalue weighted by Gasteiger charge is -2.15. The standard InChI is InChI=1S/C12H14Cl2N2O3.ClH/c1-16(5-4-12(18)19)7-11(17)15-10-6-8(13)2-3-9(10)14;/h2-3,6H,4-5,7H2,1H3,(H,15,17)(H,18,19);1H. The average molecular weight is 342 g/mol. The molecule has 1 amide bonds. The van der Waals surface area contributed by atoms with E-state index in [1.165, 1.54) is 0 Å². The van der Waals surface area contributed by atoms with Gasteiger partial charge in [-0.1, -0.05) is 23.2 Å². The van der Waals surface area contributed by atoms with Crippen LogP contribution in [0.25, 0.3) is 0 Å². The van der Waals surface area contributed by atoms with Crippen molar-refractivity contribution in [3.8, 4) is 0 Å². The number of rotatable bonds is 6. The molecule has 2 N–H and O–H groups in total. The third-order valence-electron chi connectivity index (χ3n) is 2.32. The number of carbonyl (C=O) groups is 2. The number of halogens is 3. The normalized spacial score (nSPS) is 10.0. The minimum absolute atomic E-state index is 0. The first-order valence-electron chi connectivity index (χ1n) is 5.53. The molecule has 1 aromatic rings. The first-order chi connectivity index (χ1) is 8.88. The van der Waals surface area contributed by atoms with Crippen molar-refractivity contribution in [2.75, 3.05) is 25.5 Å². The Morgan fingerprint density at radius 1 is 1.35 bits per heavy atom. The number of nitrogens with one attached hydrogen (secondary N) is 1. The molecule has 112 valence electrons. The molecule has 0 fully saturated rings. The van der Waals surface area contributed by atoms with Gasteiger partial charge in [0.05, 0.1) is 23.7 Å². The van der Waals surface area contributed by atoms with Crippen molar-refractivity contribution in [2.24, 2.45) is 0 Å². The van der Waals surface area contributed by atoms with Gasteiger partial charge in [-0.15, -0.1) is 12.4 Å². The largest absolute Gasteiger partial charge is 0.481 e. The third-order valence-corrected chi connectivity index (χ3v) is 2.89. The molecule has 0 atom stereocenters. The van der Waals surface area contributed by atoms with E-state index in [2.05, 4.69) is 5.32 Å². The minimum Gasteiger partial charge on any atom is -0.481 e. The molecule has 1 aromatic carbocycles. The van der Waals surface area contributed by atoms with Crippen molar-refractivity contribution >= 4 is 53.2 Å². The second-order valence-corrected chi connectivity index (χ2v) is 4.90. The van der Waals surface area contributed by atoms with Gasteiger partial charge in [0.25, 0.3) is 0 Å². The van der Waals surface area contributed by atoms with Crippen molar-refractivity contribution in [1.82, 2.24) is 4.90 Å². The molecule has 0 heterocycles. The highest BCUT2D eigenvalue weighted by Gasteiger charge is 2.10. The van der Waals surface area contributed by atoms with E-state index < -0.39 is 5.97 Å². The molecule has 0 aliphatic rings. The minimum atomic E-state index is -0.898. The van der Waals surface area contributed by atoms with Crippen LogP contribution in [0, 0.1) is 0 Å². The lowest BCUT2D eigenvalue weighted by atomic mass is 10.3. The fourth-order valence-electron chi connectivity index (χ4n) is 1.39. The molecule has 5 nitrogen and oxygen atoms in total. The number of likely N-dealkylation sites (N-methyl/N-ethyl adjacent to an activating group) is 1. The SMILES string of the molecule is CN(CCC(=O)O)CC(=O)Nc1cc(Cl)ccc1Cl.Cl. The van der Waals surface area contributed by atoms with E-state index in [9.17, 15) is 9.59 Å². The molecule has 0 spiro atoms. The molecule has 0 aliphatic heterocycles. The van der Waals surface area contributed by atoms with Gasteiger partial charge in [0.1, 0.15) is 0 Å². The number of aliphatic carboxylic acids is 1. The van der Waals surface area contributed by atoms with Crippen molar-refractivity contribution in [1.29, 1.82) is 0 Å². The summed E-state index contributed by atoms with van der Waals surface area (Å²) in [5.41, 5.74) is 0.436. The molecule has 0 aromatic heterocycles. The smallest absolute Gasteiger partial charge is 0.304 e. The molecule has 20 heavy (non-hydrogen) atoms. The van der Waals surface area contributed by atoms with E-state index in [0.717, 1.165) is 0 Å². The van der Waals surface area contributed by atoms with Crippen LogP contribution in [-0.2, 0) is 9.59 Å². The van der Waals surface area contributed by atoms with E-state index in [1.807, 2.05) is 0 Å². The highest BCUT2D eigenvalue weighted by molar-refractivity contribution is 6.35. The van der Waals surface area contributed by atoms with Crippen LogP contribution in [0.1, 0.15) is 6.42 Å². The Morgan fingerprint density at radius 3 is 2.60 bits per heavy atom. The van der Waals surface area contributed by atoms with Gasteiger partial charge in [0.2, 0.25) is 5.91 Å². The van der Waals surface area contributed by atoms with Crippen LogP contribution in [0.2, 0.25) is 10.0 Å². The Bertz CT molecular complexity index is 483. The number of carboxylic acid groups (broad SMARTS) is 1. The fraction of sp³-hybridized carbons (Fsp3) is 0.333. The monoisotopic (exact) mass is 340 g/mol. The summed E-state index contributed by atoms with van der Waals surface area (Å²) in [6.07, 6.45) is -0.0122. The van der Waals surface area contributed by atoms with Gasteiger partial charge in [-0.05, 0) is 25.2 Å². The van der Waals surface area contributed by atoms with Crippen LogP contribution in [-0.4, -0.2) is 42.0 Å². The van der Waals surface area contributed by atoms with Gasteiger partial charge in [-0.3, -0.25) is 14.5 Å². The molecular weight excluding hydrogens is 327 g/mol. The molecular formula is C12H15Cl3N2O3. The van der Waals surface area contributed by atoms with E-state index in [-0.39, 0.29) is 31.3 Å². The Balaban J connectivity index is 0.00000361. The predicted molar refractivity (Wildman–Crippen MR) is 82.1 cm³/mol. The summed E-state index contributed by atoms with van der Waals surface area (Å²) in [7, 11) is 1.67. The van der Waals surface area contributed by atoms with Gasteiger partial charge in [0, 0.05) is 11.6 Å². The third kappa shape index (κ3) is 6.96. The van der Waals surface area contributed by atoms with Crippen molar-refractivity contribution in [3.63, 3.8) is 0 Å². The second-order valence-electron chi connectivity index (χ2n) is 4.05. The van der Waals surface area contributed by atoms with Crippen LogP contribution < -0.4 is 5.32 Å². The van der Waals surface area contributed by atoms with Crippen molar-refractivity contribution in [3.05, 3.63) is 28.2 Å². The van der Waals surface area contributed by atoms with Crippen LogP contribution in [0.4, 0.5) is 5.69 Å². The summed E-state index contributed by atoms with van der Waals surface area (Å²) in [6, 6.07) is 4.77. The molecule has 0 saturated heterocycles. The Morgan fingerprint density at radius 2 is 2.00 bits per heavy atom. The number of hydrogen-bond donors (Lipinski definition) is 2. The highest BCUT2D eigenvalue weighted by atomic mass is 35.5. The maximum absolute atomic E-state index is 11.7. The van der Waals surface area contributed by atoms with E-state index in [4.69, 9.17) is 28.3 Å². The van der Waals surface area contributed by atoms with E-state index in [1.54, 1.807) is 30.1 Å². The Hall–Kier alpha value is -1.01. The first-order valence-corrected chi connectivity index (χ1v) is 6.29. The number of benzene rings is 1. The number of nitrogens with zero attached hydrogens (tertiary/aromatic N) is 1. The molecule has 0 aliphatic carbocycles. The Kier molecular flexibility index (Phi) is 8.57. The topological polar surface area (TPSA) is 69.6 Å². The van der Waals surface area contributed by atoms with E-state index in [0.29, 0.717) is 22.3 Å². The van der Waals surface area contributed by atoms with Crippen LogP contribution >= 0.6 is 35.6 Å². The van der Waals surface area contributed by atoms with E-state index >= 15 is 0 Å². The van der Waals surface area contributed by atoms with Gasteiger partial charge in [-0.2, -0.15) is 0 Å². The zero-order valence-electron chi connectivity index (χ0n) is 10.7. The summed E-state index contributed by atoms with van der Waals surface area (Å²) in [5.74, 6) is -1.18. The number of carbonyl (C=O) groups excluding carboxylic acids is 1. The first kappa shape index (κ1) is 19.0. The fourth-order valence-corrected chi connectivity index (χ4v) is 1.73. The number of anilines is 1. The molecule has 8 heteroatoms. The summed E-state index contributed by atoms with van der Waals surface area (Å²) in [5, 5.41) is 12.0. The summed E-state index contributed by atoms with van der Waals surface area (Å²) < 4.78 is 0. The zero-order valence-corrected chi connectivity index (χ0v) is 13.1. The van der Waals surface area contributed by atoms with Gasteiger partial charge < -0.3 is 10.4 Å². The van der Waals surface area contributed by atoms with Crippen LogP contribution in [0.15, 0.2) is 18.2 Å². The van der Waals surface area contributed by atoms with Crippen LogP contribution in [0.5, 0.6) is 0 Å².